The largest absolute Gasteiger partial charge is 0.457 e. The van der Waals surface area contributed by atoms with Crippen LogP contribution in [0.25, 0.3) is 0 Å². The van der Waals surface area contributed by atoms with Crippen molar-refractivity contribution < 1.29 is 23.8 Å². The van der Waals surface area contributed by atoms with Gasteiger partial charge in [0.15, 0.2) is 0 Å². The van der Waals surface area contributed by atoms with Gasteiger partial charge in [-0.15, -0.1) is 0 Å². The summed E-state index contributed by atoms with van der Waals surface area (Å²) >= 11 is 0. The molecule has 0 aromatic carbocycles. The normalized spacial score (nSPS) is 33.7. The van der Waals surface area contributed by atoms with Crippen molar-refractivity contribution in [3.05, 3.63) is 48.2 Å². The minimum absolute atomic E-state index is 0.0491. The zero-order valence-electron chi connectivity index (χ0n) is 23.8. The van der Waals surface area contributed by atoms with Gasteiger partial charge in [-0.1, -0.05) is 29.9 Å². The topological polar surface area (TPSA) is 80.4 Å². The fraction of sp³-hybridized carbons (Fsp3) is 0.677. The molecule has 0 radical (unpaired) electrons. The Hall–Kier alpha value is -2.38. The van der Waals surface area contributed by atoms with Crippen LogP contribution in [0, 0.1) is 5.92 Å². The molecule has 1 unspecified atom stereocenters. The van der Waals surface area contributed by atoms with Crippen LogP contribution in [0.2, 0.25) is 0 Å². The smallest absolute Gasteiger partial charge is 0.329 e. The van der Waals surface area contributed by atoms with E-state index in [0.717, 1.165) is 51.6 Å². The molecule has 7 heteroatoms. The monoisotopic (exact) mass is 526 g/mol. The first kappa shape index (κ1) is 28.6. The number of epoxide rings is 1. The first-order chi connectivity index (χ1) is 18.0. The second kappa shape index (κ2) is 12.2. The highest BCUT2D eigenvalue weighted by Gasteiger charge is 2.53. The maximum absolute atomic E-state index is 12.4. The molecule has 1 spiro atoms. The summed E-state index contributed by atoms with van der Waals surface area (Å²) in [4.78, 5) is 26.5. The van der Waals surface area contributed by atoms with Crippen molar-refractivity contribution in [1.82, 2.24) is 10.2 Å². The predicted molar refractivity (Wildman–Crippen MR) is 148 cm³/mol. The highest BCUT2D eigenvalue weighted by molar-refractivity contribution is 5.87. The lowest BCUT2D eigenvalue weighted by molar-refractivity contribution is -0.150. The van der Waals surface area contributed by atoms with Gasteiger partial charge in [0.2, 0.25) is 5.91 Å². The fourth-order valence-electron chi connectivity index (χ4n) is 6.02. The number of nitrogens with zero attached hydrogens (tertiary/aromatic N) is 1. The van der Waals surface area contributed by atoms with E-state index in [0.29, 0.717) is 12.3 Å². The summed E-state index contributed by atoms with van der Waals surface area (Å²) in [5, 5.41) is 3.11. The van der Waals surface area contributed by atoms with Crippen LogP contribution in [0.3, 0.4) is 0 Å². The first-order valence-corrected chi connectivity index (χ1v) is 14.3. The summed E-state index contributed by atoms with van der Waals surface area (Å²) < 4.78 is 17.5. The highest BCUT2D eigenvalue weighted by Crippen LogP contribution is 2.46. The van der Waals surface area contributed by atoms with Crippen LogP contribution >= 0.6 is 0 Å². The van der Waals surface area contributed by atoms with Crippen molar-refractivity contribution in [2.75, 3.05) is 13.7 Å². The van der Waals surface area contributed by atoms with Crippen molar-refractivity contribution in [1.29, 1.82) is 0 Å². The van der Waals surface area contributed by atoms with E-state index in [9.17, 15) is 9.59 Å². The Morgan fingerprint density at radius 2 is 1.95 bits per heavy atom. The lowest BCUT2D eigenvalue weighted by Gasteiger charge is -2.38. The summed E-state index contributed by atoms with van der Waals surface area (Å²) in [5.41, 5.74) is 1.18. The van der Waals surface area contributed by atoms with Crippen molar-refractivity contribution in [3.63, 3.8) is 0 Å². The summed E-state index contributed by atoms with van der Waals surface area (Å²) in [7, 11) is 1.86. The minimum atomic E-state index is -0.443. The maximum Gasteiger partial charge on any atom is 0.329 e. The number of allylic oxidation sites excluding steroid dienone is 3. The molecule has 3 heterocycles. The molecule has 7 nitrogen and oxygen atoms in total. The molecule has 0 bridgehead atoms. The van der Waals surface area contributed by atoms with Crippen molar-refractivity contribution in [3.8, 4) is 0 Å². The molecule has 1 N–H and O–H groups in total. The maximum atomic E-state index is 12.4. The number of rotatable bonds is 9. The molecule has 0 aromatic rings. The van der Waals surface area contributed by atoms with Gasteiger partial charge in [-0.2, -0.15) is 0 Å². The number of amides is 1. The van der Waals surface area contributed by atoms with Gasteiger partial charge in [0.05, 0.1) is 23.9 Å². The van der Waals surface area contributed by atoms with Crippen LogP contribution in [0.5, 0.6) is 0 Å². The standard InChI is InChI=1S/C31H46N2O5/c1-22(9-16-26-19-31(21-36-31)20-30(3,4)38-26)8-11-24-12-14-25(15-13-24)32-28(34)17-10-23(2)37-29(35)27-7-6-18-33(27)5/h6,8-10,16-18,23-27H,7,11-15,19-21H2,1-5H3,(H,32,34)/b16-9+,17-10-,22-8+/t23-,24-,25+,26+,27?,31+/m0/s1. The van der Waals surface area contributed by atoms with Crippen LogP contribution in [0.4, 0.5) is 0 Å². The van der Waals surface area contributed by atoms with Gasteiger partial charge < -0.3 is 24.4 Å². The average Bonchev–Trinajstić information content (AvgIpc) is 3.43. The number of hydrogen-bond donors (Lipinski definition) is 1. The SMILES string of the molecule is CC(/C=C/[C@@H]1C[C@]2(CO2)CC(C)(C)O1)=C\C[C@H]1CC[C@@H](NC(=O)/C=C\[C@H](C)OC(=O)C2CC=CN2C)CC1. The molecule has 1 aliphatic carbocycles. The summed E-state index contributed by atoms with van der Waals surface area (Å²) in [6.07, 6.45) is 21.2. The van der Waals surface area contributed by atoms with Crippen LogP contribution in [-0.4, -0.2) is 65.9 Å². The van der Waals surface area contributed by atoms with E-state index in [1.54, 1.807) is 13.0 Å². The molecule has 0 aromatic heterocycles. The van der Waals surface area contributed by atoms with E-state index in [2.05, 4.69) is 44.3 Å². The number of esters is 1. The van der Waals surface area contributed by atoms with Gasteiger partial charge in [-0.25, -0.2) is 4.79 Å². The zero-order chi connectivity index (χ0) is 27.3. The van der Waals surface area contributed by atoms with Gasteiger partial charge in [0, 0.05) is 32.0 Å². The Labute approximate surface area is 228 Å². The van der Waals surface area contributed by atoms with Crippen LogP contribution in [-0.2, 0) is 23.8 Å². The summed E-state index contributed by atoms with van der Waals surface area (Å²) in [6, 6.07) is -0.0685. The summed E-state index contributed by atoms with van der Waals surface area (Å²) in [6.45, 7) is 9.11. The Morgan fingerprint density at radius 3 is 2.61 bits per heavy atom. The Balaban J connectivity index is 1.12. The van der Waals surface area contributed by atoms with E-state index >= 15 is 0 Å². The minimum Gasteiger partial charge on any atom is -0.457 e. The molecule has 3 aliphatic heterocycles. The lowest BCUT2D eigenvalue weighted by Crippen LogP contribution is -2.43. The fourth-order valence-corrected chi connectivity index (χ4v) is 6.02. The zero-order valence-corrected chi connectivity index (χ0v) is 23.8. The van der Waals surface area contributed by atoms with Crippen LogP contribution in [0.1, 0.15) is 79.1 Å². The van der Waals surface area contributed by atoms with E-state index < -0.39 is 6.10 Å². The predicted octanol–water partition coefficient (Wildman–Crippen LogP) is 4.99. The number of carbonyl (C=O) groups is 2. The molecule has 1 amide bonds. The van der Waals surface area contributed by atoms with Gasteiger partial charge >= 0.3 is 5.97 Å². The molecule has 1 saturated carbocycles. The number of nitrogens with one attached hydrogen (secondary N) is 1. The second-order valence-corrected chi connectivity index (χ2v) is 12.3. The third-order valence-corrected chi connectivity index (χ3v) is 8.17. The third kappa shape index (κ3) is 8.31. The molecular weight excluding hydrogens is 480 g/mol. The van der Waals surface area contributed by atoms with Crippen molar-refractivity contribution in [2.24, 2.45) is 5.92 Å². The number of carbonyl (C=O) groups excluding carboxylic acids is 2. The first-order valence-electron chi connectivity index (χ1n) is 14.3. The van der Waals surface area contributed by atoms with Gasteiger partial charge in [-0.3, -0.25) is 4.79 Å². The van der Waals surface area contributed by atoms with Crippen molar-refractivity contribution in [2.45, 2.75) is 115 Å². The van der Waals surface area contributed by atoms with E-state index in [1.165, 1.54) is 11.6 Å². The molecule has 38 heavy (non-hydrogen) atoms. The Kier molecular flexibility index (Phi) is 9.19. The molecule has 3 fully saturated rings. The van der Waals surface area contributed by atoms with E-state index in [-0.39, 0.29) is 41.3 Å². The van der Waals surface area contributed by atoms with Crippen LogP contribution < -0.4 is 5.32 Å². The number of ether oxygens (including phenoxy) is 3. The number of likely N-dealkylation sites (N-methyl/N-ethyl adjacent to an activating group) is 1. The van der Waals surface area contributed by atoms with Gasteiger partial charge in [-0.05, 0) is 84.4 Å². The lowest BCUT2D eigenvalue weighted by atomic mass is 9.83. The average molecular weight is 527 g/mol. The molecule has 2 saturated heterocycles. The molecule has 4 atom stereocenters. The Morgan fingerprint density at radius 1 is 1.21 bits per heavy atom. The van der Waals surface area contributed by atoms with E-state index in [4.69, 9.17) is 14.2 Å². The molecule has 210 valence electrons. The molecule has 4 rings (SSSR count). The van der Waals surface area contributed by atoms with Crippen molar-refractivity contribution >= 4 is 11.9 Å². The highest BCUT2D eigenvalue weighted by atomic mass is 16.6. The Bertz CT molecular complexity index is 963. The van der Waals surface area contributed by atoms with Gasteiger partial charge in [0.1, 0.15) is 12.1 Å². The summed E-state index contributed by atoms with van der Waals surface area (Å²) in [5.74, 6) is 0.265. The second-order valence-electron chi connectivity index (χ2n) is 12.3. The van der Waals surface area contributed by atoms with Crippen LogP contribution in [0.15, 0.2) is 48.2 Å². The molecule has 4 aliphatic rings. The number of hydrogen-bond acceptors (Lipinski definition) is 6. The van der Waals surface area contributed by atoms with Gasteiger partial charge in [0.25, 0.3) is 0 Å². The molecular formula is C31H46N2O5. The van der Waals surface area contributed by atoms with E-state index in [1.807, 2.05) is 24.2 Å². The quantitative estimate of drug-likeness (QED) is 0.197. The third-order valence-electron chi connectivity index (χ3n) is 8.17.